The molecule has 2 amide bonds. The van der Waals surface area contributed by atoms with Crippen LogP contribution in [-0.4, -0.2) is 33.8 Å². The van der Waals surface area contributed by atoms with Crippen molar-refractivity contribution >= 4 is 46.2 Å². The third kappa shape index (κ3) is 5.52. The van der Waals surface area contributed by atoms with Crippen molar-refractivity contribution in [1.82, 2.24) is 4.98 Å². The highest BCUT2D eigenvalue weighted by Crippen LogP contribution is 2.31. The van der Waals surface area contributed by atoms with Crippen LogP contribution in [-0.2, 0) is 9.59 Å². The first kappa shape index (κ1) is 23.3. The molecule has 0 fully saturated rings. The summed E-state index contributed by atoms with van der Waals surface area (Å²) in [6.07, 6.45) is 3.31. The molecule has 0 radical (unpaired) electrons. The molecular weight excluding hydrogens is 448 g/mol. The van der Waals surface area contributed by atoms with Gasteiger partial charge in [-0.05, 0) is 68.5 Å². The number of hydrogen-bond acceptors (Lipinski definition) is 6. The SMILES string of the molecule is CCOc1ccc(NC(=O)C(C)SC2=N/C(=C/c3ccccn3)C(=O)N2c2ccccc2)cc1. The third-order valence-electron chi connectivity index (χ3n) is 4.90. The molecule has 0 saturated carbocycles. The number of nitrogens with one attached hydrogen (secondary N) is 1. The number of amidine groups is 1. The number of aromatic nitrogens is 1. The van der Waals surface area contributed by atoms with Crippen molar-refractivity contribution in [1.29, 1.82) is 0 Å². The van der Waals surface area contributed by atoms with E-state index in [4.69, 9.17) is 4.74 Å². The van der Waals surface area contributed by atoms with Gasteiger partial charge in [-0.3, -0.25) is 19.5 Å². The van der Waals surface area contributed by atoms with Gasteiger partial charge >= 0.3 is 0 Å². The van der Waals surface area contributed by atoms with Crippen LogP contribution < -0.4 is 15.0 Å². The van der Waals surface area contributed by atoms with Gasteiger partial charge in [0.05, 0.1) is 23.2 Å². The molecule has 0 spiro atoms. The lowest BCUT2D eigenvalue weighted by atomic mass is 10.2. The number of ether oxygens (including phenoxy) is 1. The number of para-hydroxylation sites is 1. The summed E-state index contributed by atoms with van der Waals surface area (Å²) in [6.45, 7) is 4.28. The Kier molecular flexibility index (Phi) is 7.39. The molecule has 8 heteroatoms. The van der Waals surface area contributed by atoms with Gasteiger partial charge in [0.25, 0.3) is 5.91 Å². The molecule has 3 aromatic rings. The van der Waals surface area contributed by atoms with E-state index in [1.165, 1.54) is 16.7 Å². The lowest BCUT2D eigenvalue weighted by molar-refractivity contribution is -0.115. The fourth-order valence-electron chi connectivity index (χ4n) is 3.24. The number of carbonyl (C=O) groups excluding carboxylic acids is 2. The summed E-state index contributed by atoms with van der Waals surface area (Å²) in [5.41, 5.74) is 2.25. The van der Waals surface area contributed by atoms with E-state index in [2.05, 4.69) is 15.3 Å². The second kappa shape index (κ2) is 10.8. The van der Waals surface area contributed by atoms with Crippen molar-refractivity contribution in [2.75, 3.05) is 16.8 Å². The molecule has 1 aromatic heterocycles. The third-order valence-corrected chi connectivity index (χ3v) is 5.95. The maximum atomic E-state index is 13.2. The normalized spacial score (nSPS) is 15.2. The van der Waals surface area contributed by atoms with Crippen LogP contribution in [0.2, 0.25) is 0 Å². The van der Waals surface area contributed by atoms with Crippen LogP contribution in [0.3, 0.4) is 0 Å². The number of benzene rings is 2. The minimum Gasteiger partial charge on any atom is -0.494 e. The minimum atomic E-state index is -0.501. The second-order valence-electron chi connectivity index (χ2n) is 7.36. The molecule has 1 N–H and O–H groups in total. The maximum Gasteiger partial charge on any atom is 0.283 e. The van der Waals surface area contributed by atoms with E-state index in [9.17, 15) is 9.59 Å². The number of hydrogen-bond donors (Lipinski definition) is 1. The quantitative estimate of drug-likeness (QED) is 0.490. The fraction of sp³-hybridized carbons (Fsp3) is 0.154. The van der Waals surface area contributed by atoms with E-state index in [1.807, 2.05) is 61.5 Å². The van der Waals surface area contributed by atoms with Crippen LogP contribution in [0, 0.1) is 0 Å². The van der Waals surface area contributed by atoms with Gasteiger partial charge in [-0.25, -0.2) is 4.99 Å². The molecule has 2 aromatic carbocycles. The summed E-state index contributed by atoms with van der Waals surface area (Å²) >= 11 is 1.22. The Labute approximate surface area is 202 Å². The van der Waals surface area contributed by atoms with E-state index in [0.717, 1.165) is 5.75 Å². The smallest absolute Gasteiger partial charge is 0.283 e. The lowest BCUT2D eigenvalue weighted by Crippen LogP contribution is -2.33. The zero-order valence-electron chi connectivity index (χ0n) is 18.8. The van der Waals surface area contributed by atoms with Crippen LogP contribution >= 0.6 is 11.8 Å². The van der Waals surface area contributed by atoms with E-state index in [1.54, 1.807) is 37.4 Å². The Morgan fingerprint density at radius 3 is 2.50 bits per heavy atom. The Morgan fingerprint density at radius 1 is 1.09 bits per heavy atom. The van der Waals surface area contributed by atoms with E-state index in [0.29, 0.717) is 28.8 Å². The molecule has 0 saturated heterocycles. The number of aliphatic imine (C=N–C) groups is 1. The summed E-state index contributed by atoms with van der Waals surface area (Å²) in [4.78, 5) is 36.4. The highest BCUT2D eigenvalue weighted by Gasteiger charge is 2.34. The molecule has 172 valence electrons. The summed E-state index contributed by atoms with van der Waals surface area (Å²) < 4.78 is 5.44. The summed E-state index contributed by atoms with van der Waals surface area (Å²) in [5.74, 6) is 0.283. The Morgan fingerprint density at radius 2 is 1.82 bits per heavy atom. The predicted octanol–water partition coefficient (Wildman–Crippen LogP) is 4.98. The van der Waals surface area contributed by atoms with Crippen molar-refractivity contribution in [3.8, 4) is 5.75 Å². The maximum absolute atomic E-state index is 13.2. The molecule has 34 heavy (non-hydrogen) atoms. The van der Waals surface area contributed by atoms with Crippen molar-refractivity contribution in [3.05, 3.63) is 90.4 Å². The number of nitrogens with zero attached hydrogens (tertiary/aromatic N) is 3. The predicted molar refractivity (Wildman–Crippen MR) is 137 cm³/mol. The Bertz CT molecular complexity index is 1210. The highest BCUT2D eigenvalue weighted by molar-refractivity contribution is 8.15. The number of rotatable bonds is 7. The summed E-state index contributed by atoms with van der Waals surface area (Å²) in [6, 6.07) is 21.9. The van der Waals surface area contributed by atoms with Crippen LogP contribution in [0.15, 0.2) is 89.7 Å². The number of amides is 2. The van der Waals surface area contributed by atoms with E-state index >= 15 is 0 Å². The van der Waals surface area contributed by atoms with Gasteiger partial charge in [-0.2, -0.15) is 0 Å². The zero-order chi connectivity index (χ0) is 23.9. The van der Waals surface area contributed by atoms with Crippen LogP contribution in [0.25, 0.3) is 6.08 Å². The lowest BCUT2D eigenvalue weighted by Gasteiger charge is -2.20. The number of thioether (sulfide) groups is 1. The number of carbonyl (C=O) groups is 2. The Balaban J connectivity index is 1.54. The van der Waals surface area contributed by atoms with Gasteiger partial charge in [0.2, 0.25) is 5.91 Å². The largest absolute Gasteiger partial charge is 0.494 e. The molecule has 1 unspecified atom stereocenters. The number of pyridine rings is 1. The second-order valence-corrected chi connectivity index (χ2v) is 8.67. The van der Waals surface area contributed by atoms with E-state index < -0.39 is 5.25 Å². The molecule has 7 nitrogen and oxygen atoms in total. The summed E-state index contributed by atoms with van der Waals surface area (Å²) in [5, 5.41) is 2.84. The molecular formula is C26H24N4O3S. The molecule has 1 aliphatic heterocycles. The molecule has 0 aliphatic carbocycles. The van der Waals surface area contributed by atoms with Crippen LogP contribution in [0.1, 0.15) is 19.5 Å². The highest BCUT2D eigenvalue weighted by atomic mass is 32.2. The van der Waals surface area contributed by atoms with Gasteiger partial charge in [0, 0.05) is 11.9 Å². The first-order valence-corrected chi connectivity index (χ1v) is 11.7. The van der Waals surface area contributed by atoms with Crippen LogP contribution in [0.5, 0.6) is 5.75 Å². The molecule has 1 aliphatic rings. The molecule has 1 atom stereocenters. The molecule has 2 heterocycles. The molecule has 0 bridgehead atoms. The van der Waals surface area contributed by atoms with Gasteiger partial charge in [0.15, 0.2) is 5.17 Å². The minimum absolute atomic E-state index is 0.195. The average molecular weight is 473 g/mol. The summed E-state index contributed by atoms with van der Waals surface area (Å²) in [7, 11) is 0. The first-order chi connectivity index (χ1) is 16.5. The van der Waals surface area contributed by atoms with Gasteiger partial charge in [0.1, 0.15) is 11.4 Å². The van der Waals surface area contributed by atoms with Gasteiger partial charge in [-0.15, -0.1) is 0 Å². The molecule has 4 rings (SSSR count). The van der Waals surface area contributed by atoms with E-state index in [-0.39, 0.29) is 17.5 Å². The topological polar surface area (TPSA) is 83.9 Å². The first-order valence-electron chi connectivity index (χ1n) is 10.9. The van der Waals surface area contributed by atoms with Crippen molar-refractivity contribution in [2.24, 2.45) is 4.99 Å². The van der Waals surface area contributed by atoms with Gasteiger partial charge < -0.3 is 10.1 Å². The Hall–Kier alpha value is -3.91. The number of anilines is 2. The van der Waals surface area contributed by atoms with Crippen molar-refractivity contribution in [2.45, 2.75) is 19.1 Å². The van der Waals surface area contributed by atoms with Crippen molar-refractivity contribution < 1.29 is 14.3 Å². The zero-order valence-corrected chi connectivity index (χ0v) is 19.7. The fourth-order valence-corrected chi connectivity index (χ4v) is 4.17. The van der Waals surface area contributed by atoms with Crippen LogP contribution in [0.4, 0.5) is 11.4 Å². The standard InChI is InChI=1S/C26H24N4O3S/c1-3-33-22-14-12-19(13-15-22)28-24(31)18(2)34-26-29-23(17-20-9-7-8-16-27-20)25(32)30(26)21-10-5-4-6-11-21/h4-18H,3H2,1-2H3,(H,28,31)/b23-17+. The van der Waals surface area contributed by atoms with Gasteiger partial charge in [-0.1, -0.05) is 36.0 Å². The van der Waals surface area contributed by atoms with Crippen molar-refractivity contribution in [3.63, 3.8) is 0 Å². The monoisotopic (exact) mass is 472 g/mol. The average Bonchev–Trinajstić information content (AvgIpc) is 3.15.